The smallest absolute Gasteiger partial charge is 0.294 e. The predicted octanol–water partition coefficient (Wildman–Crippen LogP) is 2.45. The van der Waals surface area contributed by atoms with E-state index in [4.69, 9.17) is 13.7 Å². The van der Waals surface area contributed by atoms with Crippen molar-refractivity contribution in [1.29, 1.82) is 0 Å². The second-order valence-corrected chi connectivity index (χ2v) is 7.28. The topological polar surface area (TPSA) is 107 Å². The molecular weight excluding hydrogens is 346 g/mol. The van der Waals surface area contributed by atoms with Crippen molar-refractivity contribution in [3.8, 4) is 28.8 Å². The average Bonchev–Trinajstić information content (AvgIpc) is 3.10. The van der Waals surface area contributed by atoms with Crippen LogP contribution in [0.25, 0.3) is 23.0 Å². The number of para-hydroxylation sites is 1. The van der Waals surface area contributed by atoms with Crippen LogP contribution in [0.2, 0.25) is 0 Å². The fourth-order valence-electron chi connectivity index (χ4n) is 2.32. The molecule has 0 bridgehead atoms. The van der Waals surface area contributed by atoms with Crippen molar-refractivity contribution in [2.24, 2.45) is 0 Å². The summed E-state index contributed by atoms with van der Waals surface area (Å²) in [4.78, 5) is 4.26. The lowest BCUT2D eigenvalue weighted by molar-refractivity contribution is 0.397. The summed E-state index contributed by atoms with van der Waals surface area (Å²) in [5.41, 5.74) is 0.662. The first-order valence-corrected chi connectivity index (χ1v) is 9.15. The van der Waals surface area contributed by atoms with Gasteiger partial charge in [0.1, 0.15) is 5.75 Å². The number of nitrogens with one attached hydrogen (secondary N) is 1. The van der Waals surface area contributed by atoms with Gasteiger partial charge >= 0.3 is 0 Å². The van der Waals surface area contributed by atoms with E-state index in [0.717, 1.165) is 12.8 Å². The van der Waals surface area contributed by atoms with Gasteiger partial charge in [-0.3, -0.25) is 0 Å². The molecule has 0 spiro atoms. The fraction of sp³-hybridized carbons (Fsp3) is 0.250. The van der Waals surface area contributed by atoms with Gasteiger partial charge in [0, 0.05) is 6.04 Å². The first-order chi connectivity index (χ1) is 12.1. The van der Waals surface area contributed by atoms with E-state index in [0.29, 0.717) is 17.1 Å². The van der Waals surface area contributed by atoms with E-state index in [1.807, 2.05) is 12.1 Å². The number of hydrogen-bond donors (Lipinski definition) is 1. The molecule has 0 aliphatic heterocycles. The summed E-state index contributed by atoms with van der Waals surface area (Å²) in [6, 6.07) is 10.1. The zero-order chi connectivity index (χ0) is 17.4. The number of rotatable bonds is 6. The van der Waals surface area contributed by atoms with Crippen LogP contribution in [-0.2, 0) is 10.0 Å². The van der Waals surface area contributed by atoms with E-state index < -0.39 is 10.0 Å². The van der Waals surface area contributed by atoms with E-state index in [1.165, 1.54) is 12.1 Å². The molecule has 2 heterocycles. The Balaban J connectivity index is 1.62. The Kier molecular flexibility index (Phi) is 3.81. The summed E-state index contributed by atoms with van der Waals surface area (Å²) in [6.45, 7) is 0. The number of nitrogens with zero attached hydrogens (tertiary/aromatic N) is 2. The second-order valence-electron chi connectivity index (χ2n) is 5.64. The summed E-state index contributed by atoms with van der Waals surface area (Å²) >= 11 is 0. The molecule has 0 atom stereocenters. The standard InChI is InChI=1S/C16H15N3O5S/c1-22-12-5-3-2-4-11(12)15-17-16(24-18-15)13-8-9-14(23-13)25(20,21)19-10-6-7-10/h2-5,8-10,19H,6-7H2,1H3. The maximum Gasteiger partial charge on any atom is 0.294 e. The van der Waals surface area contributed by atoms with Crippen LogP contribution in [0.3, 0.4) is 0 Å². The van der Waals surface area contributed by atoms with E-state index in [9.17, 15) is 8.42 Å². The Bertz CT molecular complexity index is 1000. The van der Waals surface area contributed by atoms with Crippen molar-refractivity contribution in [3.63, 3.8) is 0 Å². The Hall–Kier alpha value is -2.65. The molecule has 25 heavy (non-hydrogen) atoms. The Labute approximate surface area is 143 Å². The minimum atomic E-state index is -3.67. The van der Waals surface area contributed by atoms with Crippen molar-refractivity contribution in [3.05, 3.63) is 36.4 Å². The van der Waals surface area contributed by atoms with Gasteiger partial charge < -0.3 is 13.7 Å². The van der Waals surface area contributed by atoms with Gasteiger partial charge in [-0.2, -0.15) is 4.98 Å². The van der Waals surface area contributed by atoms with Crippen LogP contribution in [0.1, 0.15) is 12.8 Å². The van der Waals surface area contributed by atoms with Crippen molar-refractivity contribution in [1.82, 2.24) is 14.9 Å². The minimum absolute atomic E-state index is 0.000831. The number of benzene rings is 1. The molecule has 0 radical (unpaired) electrons. The zero-order valence-corrected chi connectivity index (χ0v) is 14.1. The van der Waals surface area contributed by atoms with Gasteiger partial charge in [0.25, 0.3) is 15.9 Å². The number of sulfonamides is 1. The van der Waals surface area contributed by atoms with Crippen molar-refractivity contribution >= 4 is 10.0 Å². The molecule has 4 rings (SSSR count). The monoisotopic (exact) mass is 361 g/mol. The van der Waals surface area contributed by atoms with Crippen LogP contribution < -0.4 is 9.46 Å². The molecule has 130 valence electrons. The highest BCUT2D eigenvalue weighted by molar-refractivity contribution is 7.89. The second kappa shape index (κ2) is 6.01. The lowest BCUT2D eigenvalue weighted by Crippen LogP contribution is -2.25. The summed E-state index contributed by atoms with van der Waals surface area (Å²) < 4.78 is 42.7. The van der Waals surface area contributed by atoms with E-state index in [-0.39, 0.29) is 22.8 Å². The highest BCUT2D eigenvalue weighted by atomic mass is 32.2. The molecule has 1 aliphatic rings. The number of hydrogen-bond acceptors (Lipinski definition) is 7. The molecule has 0 amide bonds. The zero-order valence-electron chi connectivity index (χ0n) is 13.3. The highest BCUT2D eigenvalue weighted by Gasteiger charge is 2.30. The third kappa shape index (κ3) is 3.15. The average molecular weight is 361 g/mol. The van der Waals surface area contributed by atoms with Crippen molar-refractivity contribution < 1.29 is 22.1 Å². The van der Waals surface area contributed by atoms with Crippen LogP contribution >= 0.6 is 0 Å². The van der Waals surface area contributed by atoms with Gasteiger partial charge in [0.2, 0.25) is 10.9 Å². The fourth-order valence-corrected chi connectivity index (χ4v) is 3.56. The molecule has 9 heteroatoms. The summed E-state index contributed by atoms with van der Waals surface area (Å²) in [5.74, 6) is 1.20. The lowest BCUT2D eigenvalue weighted by Gasteiger charge is -2.02. The minimum Gasteiger partial charge on any atom is -0.496 e. The summed E-state index contributed by atoms with van der Waals surface area (Å²) in [6.07, 6.45) is 1.69. The maximum atomic E-state index is 12.1. The number of methoxy groups -OCH3 is 1. The molecule has 1 aliphatic carbocycles. The third-order valence-electron chi connectivity index (χ3n) is 3.73. The maximum absolute atomic E-state index is 12.1. The van der Waals surface area contributed by atoms with E-state index in [1.54, 1.807) is 19.2 Å². The molecule has 0 saturated heterocycles. The Morgan fingerprint density at radius 3 is 2.76 bits per heavy atom. The molecule has 1 fully saturated rings. The van der Waals surface area contributed by atoms with Gasteiger partial charge in [-0.05, 0) is 37.1 Å². The highest BCUT2D eigenvalue weighted by Crippen LogP contribution is 2.30. The van der Waals surface area contributed by atoms with Crippen molar-refractivity contribution in [2.45, 2.75) is 24.0 Å². The van der Waals surface area contributed by atoms with Gasteiger partial charge in [-0.25, -0.2) is 13.1 Å². The summed E-state index contributed by atoms with van der Waals surface area (Å²) in [7, 11) is -2.11. The largest absolute Gasteiger partial charge is 0.496 e. The Morgan fingerprint density at radius 2 is 2.00 bits per heavy atom. The van der Waals surface area contributed by atoms with E-state index in [2.05, 4.69) is 14.9 Å². The number of ether oxygens (including phenoxy) is 1. The number of furan rings is 1. The van der Waals surface area contributed by atoms with Gasteiger partial charge in [-0.1, -0.05) is 17.3 Å². The molecular formula is C16H15N3O5S. The SMILES string of the molecule is COc1ccccc1-c1noc(-c2ccc(S(=O)(=O)NC3CC3)o2)n1. The quantitative estimate of drug-likeness (QED) is 0.718. The van der Waals surface area contributed by atoms with Crippen molar-refractivity contribution in [2.75, 3.05) is 7.11 Å². The van der Waals surface area contributed by atoms with Gasteiger partial charge in [-0.15, -0.1) is 0 Å². The molecule has 1 aromatic carbocycles. The normalized spacial score (nSPS) is 14.6. The van der Waals surface area contributed by atoms with Gasteiger partial charge in [0.05, 0.1) is 12.7 Å². The predicted molar refractivity (Wildman–Crippen MR) is 87.3 cm³/mol. The molecule has 2 aromatic heterocycles. The van der Waals surface area contributed by atoms with E-state index >= 15 is 0 Å². The molecule has 1 saturated carbocycles. The van der Waals surface area contributed by atoms with Crippen LogP contribution in [0.4, 0.5) is 0 Å². The molecule has 1 N–H and O–H groups in total. The molecule has 3 aromatic rings. The lowest BCUT2D eigenvalue weighted by atomic mass is 10.2. The first-order valence-electron chi connectivity index (χ1n) is 7.66. The first kappa shape index (κ1) is 15.9. The number of aromatic nitrogens is 2. The molecule has 0 unspecified atom stereocenters. The Morgan fingerprint density at radius 1 is 1.20 bits per heavy atom. The summed E-state index contributed by atoms with van der Waals surface area (Å²) in [5, 5.41) is 3.74. The van der Waals surface area contributed by atoms with Crippen LogP contribution in [-0.4, -0.2) is 31.7 Å². The van der Waals surface area contributed by atoms with Crippen LogP contribution in [0, 0.1) is 0 Å². The molecule has 8 nitrogen and oxygen atoms in total. The van der Waals surface area contributed by atoms with Crippen LogP contribution in [0.5, 0.6) is 5.75 Å². The van der Waals surface area contributed by atoms with Crippen LogP contribution in [0.15, 0.2) is 50.4 Å². The van der Waals surface area contributed by atoms with Gasteiger partial charge in [0.15, 0.2) is 5.76 Å². The third-order valence-corrected chi connectivity index (χ3v) is 5.12.